The molecule has 1 aromatic heterocycles. The van der Waals surface area contributed by atoms with E-state index in [4.69, 9.17) is 4.74 Å². The zero-order chi connectivity index (χ0) is 23.5. The predicted molar refractivity (Wildman–Crippen MR) is 128 cm³/mol. The van der Waals surface area contributed by atoms with Crippen molar-refractivity contribution >= 4 is 23.0 Å². The number of carbonyl (C=O) groups is 1. The molecular weight excluding hydrogens is 419 g/mol. The number of aromatic nitrogens is 1. The van der Waals surface area contributed by atoms with Crippen LogP contribution in [-0.4, -0.2) is 16.1 Å². The van der Waals surface area contributed by atoms with Crippen LogP contribution in [0.4, 0.5) is 10.1 Å². The Morgan fingerprint density at radius 3 is 2.67 bits per heavy atom. The van der Waals surface area contributed by atoms with Crippen molar-refractivity contribution in [1.82, 2.24) is 4.98 Å². The number of carboxylic acid groups (broad SMARTS) is 1. The van der Waals surface area contributed by atoms with E-state index in [-0.39, 0.29) is 11.4 Å². The Bertz CT molecular complexity index is 1270. The molecule has 0 bridgehead atoms. The first-order chi connectivity index (χ1) is 15.9. The maximum Gasteiger partial charge on any atom is 0.337 e. The quantitative estimate of drug-likeness (QED) is 0.442. The molecule has 1 aliphatic rings. The third kappa shape index (κ3) is 4.37. The fourth-order valence-electron chi connectivity index (χ4n) is 4.07. The number of halogens is 1. The number of allylic oxidation sites excluding steroid dienone is 3. The first-order valence-corrected chi connectivity index (χ1v) is 10.8. The third-order valence-corrected chi connectivity index (χ3v) is 5.62. The van der Waals surface area contributed by atoms with E-state index in [1.807, 2.05) is 39.0 Å². The highest BCUT2D eigenvalue weighted by molar-refractivity contribution is 5.95. The summed E-state index contributed by atoms with van der Waals surface area (Å²) in [5.41, 5.74) is 4.33. The van der Waals surface area contributed by atoms with Gasteiger partial charge in [-0.1, -0.05) is 31.2 Å². The molecule has 33 heavy (non-hydrogen) atoms. The number of pyridine rings is 1. The Morgan fingerprint density at radius 2 is 1.97 bits per heavy atom. The summed E-state index contributed by atoms with van der Waals surface area (Å²) in [6, 6.07) is 14.7. The van der Waals surface area contributed by atoms with Gasteiger partial charge in [0.05, 0.1) is 11.6 Å². The highest BCUT2D eigenvalue weighted by Crippen LogP contribution is 2.45. The van der Waals surface area contributed by atoms with Crippen LogP contribution < -0.4 is 10.1 Å². The van der Waals surface area contributed by atoms with Crippen LogP contribution in [0.1, 0.15) is 60.4 Å². The van der Waals surface area contributed by atoms with Crippen molar-refractivity contribution in [3.8, 4) is 5.75 Å². The van der Waals surface area contributed by atoms with E-state index < -0.39 is 12.0 Å². The second-order valence-electron chi connectivity index (χ2n) is 7.89. The van der Waals surface area contributed by atoms with E-state index in [9.17, 15) is 14.3 Å². The molecule has 0 saturated carbocycles. The highest BCUT2D eigenvalue weighted by Gasteiger charge is 2.28. The molecule has 4 rings (SSSR count). The minimum Gasteiger partial charge on any atom is -0.478 e. The Hall–Kier alpha value is -3.93. The van der Waals surface area contributed by atoms with Gasteiger partial charge in [0, 0.05) is 28.6 Å². The molecule has 2 aromatic carbocycles. The molecule has 3 aromatic rings. The number of nitrogens with zero attached hydrogens (tertiary/aromatic N) is 1. The second-order valence-corrected chi connectivity index (χ2v) is 7.89. The van der Waals surface area contributed by atoms with Crippen LogP contribution in [-0.2, 0) is 0 Å². The molecule has 0 radical (unpaired) electrons. The molecule has 5 nitrogen and oxygen atoms in total. The van der Waals surface area contributed by atoms with Crippen LogP contribution >= 0.6 is 0 Å². The number of benzene rings is 2. The average molecular weight is 445 g/mol. The standard InChI is InChI=1S/C27H25FN2O3/c1-4-9-19-16(2)25(24-12-7-8-13-29-24)33-26-21(14-18(28)15-22(19)26)17(3)30-23-11-6-5-10-20(23)27(31)32/h5-15,17,30H,4H2,1-3H3,(H,31,32)/b19-9-. The number of anilines is 1. The van der Waals surface area contributed by atoms with Crippen molar-refractivity contribution in [2.24, 2.45) is 0 Å². The minimum absolute atomic E-state index is 0.145. The topological polar surface area (TPSA) is 71.5 Å². The summed E-state index contributed by atoms with van der Waals surface area (Å²) >= 11 is 0. The number of fused-ring (bicyclic) bond motifs is 1. The third-order valence-electron chi connectivity index (χ3n) is 5.62. The number of aromatic carboxylic acids is 1. The van der Waals surface area contributed by atoms with Gasteiger partial charge in [-0.3, -0.25) is 4.98 Å². The van der Waals surface area contributed by atoms with Gasteiger partial charge in [-0.15, -0.1) is 0 Å². The molecule has 1 aliphatic heterocycles. The Labute approximate surface area is 192 Å². The van der Waals surface area contributed by atoms with Crippen LogP contribution in [0.15, 0.2) is 72.4 Å². The normalized spacial score (nSPS) is 15.1. The van der Waals surface area contributed by atoms with Gasteiger partial charge in [0.15, 0.2) is 5.76 Å². The lowest BCUT2D eigenvalue weighted by Crippen LogP contribution is -2.16. The van der Waals surface area contributed by atoms with Crippen LogP contribution in [0.3, 0.4) is 0 Å². The first-order valence-electron chi connectivity index (χ1n) is 10.8. The van der Waals surface area contributed by atoms with E-state index in [0.717, 1.165) is 17.6 Å². The van der Waals surface area contributed by atoms with Gasteiger partial charge in [0.2, 0.25) is 0 Å². The zero-order valence-electron chi connectivity index (χ0n) is 18.7. The fourth-order valence-corrected chi connectivity index (χ4v) is 4.07. The molecular formula is C27H25FN2O3. The van der Waals surface area contributed by atoms with Gasteiger partial charge < -0.3 is 15.2 Å². The summed E-state index contributed by atoms with van der Waals surface area (Å²) < 4.78 is 21.2. The maximum absolute atomic E-state index is 14.8. The zero-order valence-corrected chi connectivity index (χ0v) is 18.7. The van der Waals surface area contributed by atoms with E-state index in [1.165, 1.54) is 18.2 Å². The molecule has 0 spiro atoms. The number of hydrogen-bond acceptors (Lipinski definition) is 4. The Kier molecular flexibility index (Phi) is 6.27. The molecule has 0 fully saturated rings. The number of ether oxygens (including phenoxy) is 1. The summed E-state index contributed by atoms with van der Waals surface area (Å²) in [7, 11) is 0. The highest BCUT2D eigenvalue weighted by atomic mass is 19.1. The summed E-state index contributed by atoms with van der Waals surface area (Å²) in [4.78, 5) is 16.1. The van der Waals surface area contributed by atoms with Gasteiger partial charge >= 0.3 is 5.97 Å². The molecule has 1 atom stereocenters. The van der Waals surface area contributed by atoms with Crippen LogP contribution in [0, 0.1) is 5.82 Å². The van der Waals surface area contributed by atoms with Gasteiger partial charge in [-0.25, -0.2) is 9.18 Å². The first kappa shape index (κ1) is 22.3. The summed E-state index contributed by atoms with van der Waals surface area (Å²) in [5.74, 6) is -0.264. The lowest BCUT2D eigenvalue weighted by Gasteiger charge is -2.28. The fraction of sp³-hybridized carbons (Fsp3) is 0.185. The van der Waals surface area contributed by atoms with Crippen LogP contribution in [0.25, 0.3) is 11.3 Å². The maximum atomic E-state index is 14.8. The number of nitrogens with one attached hydrogen (secondary N) is 1. The van der Waals surface area contributed by atoms with Crippen molar-refractivity contribution in [1.29, 1.82) is 0 Å². The lowest BCUT2D eigenvalue weighted by atomic mass is 9.89. The average Bonchev–Trinajstić information content (AvgIpc) is 2.81. The van der Waals surface area contributed by atoms with Crippen molar-refractivity contribution in [2.45, 2.75) is 33.2 Å². The lowest BCUT2D eigenvalue weighted by molar-refractivity contribution is 0.0698. The van der Waals surface area contributed by atoms with E-state index >= 15 is 0 Å². The second kappa shape index (κ2) is 9.28. The smallest absolute Gasteiger partial charge is 0.337 e. The molecule has 0 amide bonds. The van der Waals surface area contributed by atoms with Gasteiger partial charge in [0.25, 0.3) is 0 Å². The van der Waals surface area contributed by atoms with E-state index in [1.54, 1.807) is 24.4 Å². The van der Waals surface area contributed by atoms with E-state index in [0.29, 0.717) is 34.0 Å². The number of para-hydroxylation sites is 1. The van der Waals surface area contributed by atoms with Crippen molar-refractivity contribution in [3.63, 3.8) is 0 Å². The molecule has 0 saturated heterocycles. The molecule has 2 heterocycles. The van der Waals surface area contributed by atoms with Crippen molar-refractivity contribution < 1.29 is 19.0 Å². The van der Waals surface area contributed by atoms with Crippen molar-refractivity contribution in [3.05, 3.63) is 101 Å². The molecule has 2 N–H and O–H groups in total. The monoisotopic (exact) mass is 444 g/mol. The predicted octanol–water partition coefficient (Wildman–Crippen LogP) is 6.71. The summed E-state index contributed by atoms with van der Waals surface area (Å²) in [6.07, 6.45) is 4.53. The van der Waals surface area contributed by atoms with Crippen molar-refractivity contribution in [2.75, 3.05) is 5.32 Å². The molecule has 0 aliphatic carbocycles. The Morgan fingerprint density at radius 1 is 1.21 bits per heavy atom. The Balaban J connectivity index is 1.83. The molecule has 168 valence electrons. The van der Waals surface area contributed by atoms with Gasteiger partial charge in [0.1, 0.15) is 17.3 Å². The minimum atomic E-state index is -1.04. The van der Waals surface area contributed by atoms with Crippen LogP contribution in [0.5, 0.6) is 5.75 Å². The SMILES string of the molecule is CC/C=C1/C(C)=C(c2ccccn2)Oc2c1cc(F)cc2C(C)Nc1ccccc1C(=O)O. The number of rotatable bonds is 6. The van der Waals surface area contributed by atoms with Crippen LogP contribution in [0.2, 0.25) is 0 Å². The van der Waals surface area contributed by atoms with E-state index in [2.05, 4.69) is 16.4 Å². The number of hydrogen-bond donors (Lipinski definition) is 2. The summed E-state index contributed by atoms with van der Waals surface area (Å²) in [5, 5.41) is 12.7. The largest absolute Gasteiger partial charge is 0.478 e. The van der Waals surface area contributed by atoms with Gasteiger partial charge in [-0.05, 0) is 62.2 Å². The number of carboxylic acids is 1. The van der Waals surface area contributed by atoms with Gasteiger partial charge in [-0.2, -0.15) is 0 Å². The molecule has 6 heteroatoms. The molecule has 1 unspecified atom stereocenters. The summed E-state index contributed by atoms with van der Waals surface area (Å²) in [6.45, 7) is 5.83.